The van der Waals surface area contributed by atoms with Crippen LogP contribution in [-0.2, 0) is 0 Å². The van der Waals surface area contributed by atoms with E-state index in [1.165, 1.54) is 6.07 Å². The molecule has 5 nitrogen and oxygen atoms in total. The van der Waals surface area contributed by atoms with Gasteiger partial charge in [0.05, 0.1) is 0 Å². The van der Waals surface area contributed by atoms with E-state index in [-0.39, 0.29) is 15.9 Å². The zero-order valence-corrected chi connectivity index (χ0v) is 14.4. The number of hydrogen-bond donors (Lipinski definition) is 1. The third-order valence-corrected chi connectivity index (χ3v) is 5.66. The number of fused-ring (bicyclic) bond motifs is 1. The van der Waals surface area contributed by atoms with Crippen molar-refractivity contribution in [2.24, 2.45) is 0 Å². The summed E-state index contributed by atoms with van der Waals surface area (Å²) in [5.74, 6) is -0.864. The van der Waals surface area contributed by atoms with Crippen molar-refractivity contribution in [1.82, 2.24) is 5.16 Å². The summed E-state index contributed by atoms with van der Waals surface area (Å²) in [5, 5.41) is 13.8. The number of carbonyl (C=O) groups is 2. The third kappa shape index (κ3) is 2.85. The number of hydrogen-bond acceptors (Lipinski definition) is 4. The molecule has 0 saturated heterocycles. The maximum absolute atomic E-state index is 12.5. The molecule has 0 unspecified atom stereocenters. The molecule has 1 radical (unpaired) electrons. The first-order valence-corrected chi connectivity index (χ1v) is 8.86. The Bertz CT molecular complexity index is 890. The summed E-state index contributed by atoms with van der Waals surface area (Å²) in [6.07, 6.45) is 0. The van der Waals surface area contributed by atoms with Crippen LogP contribution in [0.3, 0.4) is 0 Å². The van der Waals surface area contributed by atoms with Gasteiger partial charge in [-0.15, -0.1) is 0 Å². The van der Waals surface area contributed by atoms with Gasteiger partial charge >= 0.3 is 140 Å². The number of halogens is 1. The minimum atomic E-state index is -1.05. The Morgan fingerprint density at radius 1 is 1.18 bits per heavy atom. The van der Waals surface area contributed by atoms with E-state index in [4.69, 9.17) is 4.52 Å². The average molecular weight is 421 g/mol. The van der Waals surface area contributed by atoms with E-state index >= 15 is 0 Å². The van der Waals surface area contributed by atoms with Gasteiger partial charge in [-0.25, -0.2) is 0 Å². The Morgan fingerprint density at radius 3 is 2.73 bits per heavy atom. The summed E-state index contributed by atoms with van der Waals surface area (Å²) in [6, 6.07) is 12.0. The number of nitrogens with zero attached hydrogens (tertiary/aromatic N) is 1. The van der Waals surface area contributed by atoms with Gasteiger partial charge in [-0.05, 0) is 0 Å². The molecule has 0 aliphatic carbocycles. The normalized spacial score (nSPS) is 11.3. The first-order chi connectivity index (χ1) is 10.6. The van der Waals surface area contributed by atoms with Crippen molar-refractivity contribution in [3.05, 3.63) is 58.3 Å². The van der Waals surface area contributed by atoms with E-state index in [0.29, 0.717) is 19.7 Å². The SMILES string of the molecule is O=C(O)c1cc(Br)ccc1[As]C(=O)c1onc2ccccc12. The molecule has 0 spiro atoms. The predicted octanol–water partition coefficient (Wildman–Crippen LogP) is 2.46. The van der Waals surface area contributed by atoms with Gasteiger partial charge in [-0.1, -0.05) is 0 Å². The first kappa shape index (κ1) is 15.0. The monoisotopic (exact) mass is 420 g/mol. The number of carboxylic acids is 1. The van der Waals surface area contributed by atoms with Gasteiger partial charge in [0, 0.05) is 0 Å². The maximum atomic E-state index is 12.5. The van der Waals surface area contributed by atoms with E-state index in [1.54, 1.807) is 30.3 Å². The fraction of sp³-hybridized carbons (Fsp3) is 0. The van der Waals surface area contributed by atoms with Crippen LogP contribution in [0.2, 0.25) is 0 Å². The second-order valence-electron chi connectivity index (χ2n) is 4.41. The number of carbonyl (C=O) groups excluding carboxylic acids is 1. The van der Waals surface area contributed by atoms with E-state index in [0.717, 1.165) is 0 Å². The molecule has 0 aliphatic heterocycles. The number of rotatable bonds is 4. The zero-order chi connectivity index (χ0) is 15.7. The van der Waals surface area contributed by atoms with Crippen molar-refractivity contribution >= 4 is 57.5 Å². The van der Waals surface area contributed by atoms with Gasteiger partial charge in [0.1, 0.15) is 0 Å². The molecule has 0 saturated carbocycles. The average Bonchev–Trinajstić information content (AvgIpc) is 2.93. The predicted molar refractivity (Wildman–Crippen MR) is 84.8 cm³/mol. The molecule has 1 N–H and O–H groups in total. The summed E-state index contributed by atoms with van der Waals surface area (Å²) in [6.45, 7) is 0. The number of aromatic nitrogens is 1. The van der Waals surface area contributed by atoms with Crippen LogP contribution in [0.1, 0.15) is 20.9 Å². The van der Waals surface area contributed by atoms with Crippen molar-refractivity contribution < 1.29 is 19.2 Å². The van der Waals surface area contributed by atoms with Gasteiger partial charge in [0.2, 0.25) is 0 Å². The molecule has 22 heavy (non-hydrogen) atoms. The number of carboxylic acid groups (broad SMARTS) is 1. The topological polar surface area (TPSA) is 80.4 Å². The molecule has 3 aromatic rings. The third-order valence-electron chi connectivity index (χ3n) is 2.99. The van der Waals surface area contributed by atoms with Gasteiger partial charge in [0.25, 0.3) is 0 Å². The van der Waals surface area contributed by atoms with Crippen LogP contribution < -0.4 is 4.35 Å². The van der Waals surface area contributed by atoms with Crippen LogP contribution in [0.4, 0.5) is 0 Å². The molecular formula is C15H8AsBrNO4. The standard InChI is InChI=1S/C15H8AsBrNO4/c17-8-5-6-11(10(7-8)15(20)21)16-14(19)13-9-3-1-2-4-12(9)18-22-13/h1-7H,(H,20,21). The summed E-state index contributed by atoms with van der Waals surface area (Å²) in [7, 11) is 0. The fourth-order valence-electron chi connectivity index (χ4n) is 1.98. The summed E-state index contributed by atoms with van der Waals surface area (Å²) in [4.78, 5) is 23.8. The van der Waals surface area contributed by atoms with Crippen LogP contribution in [0.5, 0.6) is 0 Å². The molecule has 0 fully saturated rings. The van der Waals surface area contributed by atoms with Crippen LogP contribution in [0.25, 0.3) is 10.9 Å². The second-order valence-corrected chi connectivity index (χ2v) is 7.66. The quantitative estimate of drug-likeness (QED) is 0.655. The van der Waals surface area contributed by atoms with Crippen molar-refractivity contribution in [2.45, 2.75) is 0 Å². The molecule has 1 heterocycles. The molecular weight excluding hydrogens is 413 g/mol. The summed E-state index contributed by atoms with van der Waals surface area (Å²) < 4.78 is 6.11. The van der Waals surface area contributed by atoms with Crippen molar-refractivity contribution in [1.29, 1.82) is 0 Å². The van der Waals surface area contributed by atoms with Crippen LogP contribution in [0.15, 0.2) is 51.5 Å². The van der Waals surface area contributed by atoms with Crippen LogP contribution in [-0.4, -0.2) is 36.6 Å². The molecule has 0 atom stereocenters. The van der Waals surface area contributed by atoms with Gasteiger partial charge in [-0.2, -0.15) is 0 Å². The Morgan fingerprint density at radius 2 is 1.95 bits per heavy atom. The van der Waals surface area contributed by atoms with E-state index in [9.17, 15) is 14.7 Å². The Balaban J connectivity index is 1.97. The Kier molecular flexibility index (Phi) is 4.14. The van der Waals surface area contributed by atoms with E-state index < -0.39 is 21.7 Å². The molecule has 2 aromatic carbocycles. The molecule has 0 bridgehead atoms. The van der Waals surface area contributed by atoms with E-state index in [2.05, 4.69) is 21.1 Å². The zero-order valence-electron chi connectivity index (χ0n) is 11.0. The van der Waals surface area contributed by atoms with Crippen molar-refractivity contribution in [2.75, 3.05) is 0 Å². The molecule has 7 heteroatoms. The van der Waals surface area contributed by atoms with Gasteiger partial charge in [-0.3, -0.25) is 0 Å². The van der Waals surface area contributed by atoms with Crippen LogP contribution >= 0.6 is 15.9 Å². The molecule has 1 aromatic heterocycles. The molecule has 3 rings (SSSR count). The summed E-state index contributed by atoms with van der Waals surface area (Å²) >= 11 is 2.20. The second kappa shape index (κ2) is 6.07. The van der Waals surface area contributed by atoms with E-state index in [1.807, 2.05) is 6.07 Å². The van der Waals surface area contributed by atoms with Crippen LogP contribution in [0, 0.1) is 0 Å². The summed E-state index contributed by atoms with van der Waals surface area (Å²) in [5.41, 5.74) is 0.743. The van der Waals surface area contributed by atoms with Gasteiger partial charge < -0.3 is 0 Å². The molecule has 0 aliphatic rings. The minimum absolute atomic E-state index is 0.131. The van der Waals surface area contributed by atoms with Gasteiger partial charge in [0.15, 0.2) is 0 Å². The number of benzene rings is 2. The van der Waals surface area contributed by atoms with Crippen molar-refractivity contribution in [3.63, 3.8) is 0 Å². The number of aromatic carboxylic acids is 1. The Labute approximate surface area is 140 Å². The molecule has 109 valence electrons. The fourth-order valence-corrected chi connectivity index (χ4v) is 4.25. The molecule has 0 amide bonds. The van der Waals surface area contributed by atoms with Crippen molar-refractivity contribution in [3.8, 4) is 0 Å². The first-order valence-electron chi connectivity index (χ1n) is 6.19. The Hall–Kier alpha value is -1.91.